The smallest absolute Gasteiger partial charge is 0.416 e. The number of hydrogen-bond acceptors (Lipinski definition) is 5. The van der Waals surface area contributed by atoms with Crippen LogP contribution in [0.1, 0.15) is 65.8 Å². The molecular weight excluding hydrogens is 485 g/mol. The lowest BCUT2D eigenvalue weighted by molar-refractivity contribution is -0.147. The molecule has 6 nitrogen and oxygen atoms in total. The average Bonchev–Trinajstić information content (AvgIpc) is 2.85. The number of alkyl halides is 3. The van der Waals surface area contributed by atoms with E-state index in [4.69, 9.17) is 14.7 Å². The number of nitrogens with one attached hydrogen (secondary N) is 1. The van der Waals surface area contributed by atoms with Crippen molar-refractivity contribution < 1.29 is 32.6 Å². The quantitative estimate of drug-likeness (QED) is 0.437. The Bertz CT molecular complexity index is 1170. The summed E-state index contributed by atoms with van der Waals surface area (Å²) < 4.78 is 47.3. The van der Waals surface area contributed by atoms with Crippen molar-refractivity contribution in [3.63, 3.8) is 0 Å². The molecular formula is C28H31F3N2O4. The fourth-order valence-electron chi connectivity index (χ4n) is 5.45. The Balaban J connectivity index is 1.20. The minimum atomic E-state index is -4.40. The van der Waals surface area contributed by atoms with Crippen LogP contribution in [-0.4, -0.2) is 35.7 Å². The number of carboxylic acid groups (broad SMARTS) is 1. The second kappa shape index (κ2) is 10.8. The Hall–Kier alpha value is -3.04. The maximum atomic E-state index is 13.8. The van der Waals surface area contributed by atoms with Crippen molar-refractivity contribution in [3.05, 3.63) is 70.3 Å². The summed E-state index contributed by atoms with van der Waals surface area (Å²) >= 11 is 0. The van der Waals surface area contributed by atoms with E-state index in [-0.39, 0.29) is 18.4 Å². The molecule has 37 heavy (non-hydrogen) atoms. The topological polar surface area (TPSA) is 71.0 Å². The fraction of sp³-hybridized carbons (Fsp3) is 0.464. The molecule has 1 saturated carbocycles. The number of carboxylic acids is 1. The van der Waals surface area contributed by atoms with Gasteiger partial charge in [-0.2, -0.15) is 13.2 Å². The molecule has 0 bridgehead atoms. The summed E-state index contributed by atoms with van der Waals surface area (Å²) in [5.74, 6) is -0.425. The molecule has 2 aromatic carbocycles. The molecule has 0 aromatic heterocycles. The molecule has 2 N–H and O–H groups in total. The number of hydroxylamine groups is 1. The first-order chi connectivity index (χ1) is 17.8. The van der Waals surface area contributed by atoms with Crippen LogP contribution in [0.25, 0.3) is 5.70 Å². The number of rotatable bonds is 8. The van der Waals surface area contributed by atoms with Crippen LogP contribution in [0.3, 0.4) is 0 Å². The molecule has 0 unspecified atom stereocenters. The van der Waals surface area contributed by atoms with E-state index in [1.807, 2.05) is 24.3 Å². The lowest BCUT2D eigenvalue weighted by Crippen LogP contribution is -2.49. The number of likely N-dealkylation sites (tertiary alicyclic amines) is 1. The summed E-state index contributed by atoms with van der Waals surface area (Å²) in [5.41, 5.74) is 5.69. The van der Waals surface area contributed by atoms with Gasteiger partial charge in [0.25, 0.3) is 0 Å². The van der Waals surface area contributed by atoms with E-state index in [9.17, 15) is 18.0 Å². The summed E-state index contributed by atoms with van der Waals surface area (Å²) in [6, 6.07) is 10.4. The van der Waals surface area contributed by atoms with E-state index in [1.54, 1.807) is 12.1 Å². The zero-order valence-electron chi connectivity index (χ0n) is 20.5. The highest BCUT2D eigenvalue weighted by Gasteiger charge is 2.36. The van der Waals surface area contributed by atoms with Crippen molar-refractivity contribution in [2.75, 3.05) is 19.7 Å². The molecule has 1 aliphatic carbocycles. The number of carbonyl (C=O) groups is 1. The summed E-state index contributed by atoms with van der Waals surface area (Å²) in [6.07, 6.45) is 2.07. The molecule has 0 atom stereocenters. The molecule has 2 heterocycles. The second-order valence-corrected chi connectivity index (χ2v) is 10.1. The van der Waals surface area contributed by atoms with E-state index in [0.29, 0.717) is 48.8 Å². The highest BCUT2D eigenvalue weighted by Crippen LogP contribution is 2.41. The van der Waals surface area contributed by atoms with Gasteiger partial charge < -0.3 is 9.84 Å². The number of halogens is 3. The highest BCUT2D eigenvalue weighted by molar-refractivity contribution is 5.72. The minimum absolute atomic E-state index is 0.0145. The van der Waals surface area contributed by atoms with E-state index in [2.05, 4.69) is 10.4 Å². The lowest BCUT2D eigenvalue weighted by atomic mass is 9.81. The molecule has 3 aliphatic rings. The van der Waals surface area contributed by atoms with Gasteiger partial charge in [0.1, 0.15) is 12.4 Å². The van der Waals surface area contributed by atoms with Gasteiger partial charge in [-0.05, 0) is 59.7 Å². The summed E-state index contributed by atoms with van der Waals surface area (Å²) in [5, 5.41) is 9.04. The lowest BCUT2D eigenvalue weighted by Gasteiger charge is -2.36. The summed E-state index contributed by atoms with van der Waals surface area (Å²) in [6.45, 7) is 2.03. The Morgan fingerprint density at radius 3 is 2.57 bits per heavy atom. The number of hydrogen-bond donors (Lipinski definition) is 2. The van der Waals surface area contributed by atoms with Crippen molar-refractivity contribution in [2.45, 2.75) is 57.3 Å². The molecule has 2 aliphatic heterocycles. The molecule has 2 fully saturated rings. The maximum absolute atomic E-state index is 13.8. The van der Waals surface area contributed by atoms with Crippen LogP contribution in [0.5, 0.6) is 5.75 Å². The van der Waals surface area contributed by atoms with Gasteiger partial charge in [0.05, 0.1) is 23.8 Å². The summed E-state index contributed by atoms with van der Waals surface area (Å²) in [4.78, 5) is 18.7. The van der Waals surface area contributed by atoms with Crippen LogP contribution in [0, 0.1) is 5.92 Å². The largest absolute Gasteiger partial charge is 0.489 e. The van der Waals surface area contributed by atoms with Gasteiger partial charge >= 0.3 is 12.1 Å². The van der Waals surface area contributed by atoms with Crippen LogP contribution in [0.4, 0.5) is 13.2 Å². The van der Waals surface area contributed by atoms with Gasteiger partial charge in [0, 0.05) is 25.2 Å². The van der Waals surface area contributed by atoms with Crippen LogP contribution in [0.15, 0.2) is 42.5 Å². The molecule has 1 saturated heterocycles. The fourth-order valence-corrected chi connectivity index (χ4v) is 5.45. The Morgan fingerprint density at radius 2 is 1.84 bits per heavy atom. The van der Waals surface area contributed by atoms with Gasteiger partial charge in [-0.1, -0.05) is 37.5 Å². The Labute approximate surface area is 214 Å². The Morgan fingerprint density at radius 1 is 1.08 bits per heavy atom. The highest BCUT2D eigenvalue weighted by atomic mass is 19.4. The third-order valence-corrected chi connectivity index (χ3v) is 7.46. The Kier molecular flexibility index (Phi) is 7.44. The number of nitrogens with zero attached hydrogens (tertiary/aromatic N) is 1. The van der Waals surface area contributed by atoms with Crippen LogP contribution < -0.4 is 10.2 Å². The van der Waals surface area contributed by atoms with Gasteiger partial charge in [-0.15, -0.1) is 0 Å². The number of benzene rings is 2. The molecule has 5 rings (SSSR count). The van der Waals surface area contributed by atoms with Crippen LogP contribution in [-0.2, 0) is 29.0 Å². The standard InChI is InChI=1S/C28H31F3N2O4/c29-28(30,31)24-12-19(7-8-22(24)20-4-2-1-3-5-20)17-37-32-25-10-11-36-26-13-18(6-9-23(25)26)14-33-15-21(16-33)27(34)35/h6-10,12-13,20-21,32H,1-5,11,14-17H2,(H,34,35). The normalized spacial score (nSPS) is 18.9. The average molecular weight is 517 g/mol. The summed E-state index contributed by atoms with van der Waals surface area (Å²) in [7, 11) is 0. The third-order valence-electron chi connectivity index (χ3n) is 7.46. The van der Waals surface area contributed by atoms with Gasteiger partial charge in [-0.25, -0.2) is 0 Å². The van der Waals surface area contributed by atoms with Crippen molar-refractivity contribution >= 4 is 11.7 Å². The molecule has 0 radical (unpaired) electrons. The molecule has 9 heteroatoms. The number of ether oxygens (including phenoxy) is 1. The second-order valence-electron chi connectivity index (χ2n) is 10.1. The predicted octanol–water partition coefficient (Wildman–Crippen LogP) is 5.72. The monoisotopic (exact) mass is 516 g/mol. The van der Waals surface area contributed by atoms with Crippen LogP contribution in [0.2, 0.25) is 0 Å². The molecule has 2 aromatic rings. The SMILES string of the molecule is O=C(O)C1CN(Cc2ccc3c(c2)OCC=C3NOCc2ccc(C3CCCCC3)c(C(F)(F)F)c2)C1. The van der Waals surface area contributed by atoms with Crippen molar-refractivity contribution in [3.8, 4) is 5.75 Å². The van der Waals surface area contributed by atoms with Gasteiger partial charge in [0.15, 0.2) is 0 Å². The molecule has 198 valence electrons. The zero-order chi connectivity index (χ0) is 26.0. The zero-order valence-corrected chi connectivity index (χ0v) is 20.5. The van der Waals surface area contributed by atoms with Gasteiger partial charge in [0.2, 0.25) is 0 Å². The van der Waals surface area contributed by atoms with Gasteiger partial charge in [-0.3, -0.25) is 20.0 Å². The van der Waals surface area contributed by atoms with E-state index >= 15 is 0 Å². The third kappa shape index (κ3) is 5.93. The first-order valence-electron chi connectivity index (χ1n) is 12.8. The van der Waals surface area contributed by atoms with E-state index in [1.165, 1.54) is 6.07 Å². The molecule has 0 spiro atoms. The van der Waals surface area contributed by atoms with Crippen molar-refractivity contribution in [1.29, 1.82) is 0 Å². The first-order valence-corrected chi connectivity index (χ1v) is 12.8. The van der Waals surface area contributed by atoms with Crippen molar-refractivity contribution in [1.82, 2.24) is 10.4 Å². The number of fused-ring (bicyclic) bond motifs is 1. The first kappa shape index (κ1) is 25.6. The van der Waals surface area contributed by atoms with Crippen molar-refractivity contribution in [2.24, 2.45) is 5.92 Å². The molecule has 0 amide bonds. The van der Waals surface area contributed by atoms with Crippen LogP contribution >= 0.6 is 0 Å². The number of aliphatic carboxylic acids is 1. The maximum Gasteiger partial charge on any atom is 0.416 e. The minimum Gasteiger partial charge on any atom is -0.489 e. The van der Waals surface area contributed by atoms with E-state index in [0.717, 1.165) is 43.2 Å². The predicted molar refractivity (Wildman–Crippen MR) is 132 cm³/mol. The van der Waals surface area contributed by atoms with E-state index < -0.39 is 17.7 Å².